The summed E-state index contributed by atoms with van der Waals surface area (Å²) in [6.07, 6.45) is 3.47. The first-order chi connectivity index (χ1) is 15.1. The maximum absolute atomic E-state index is 15.0. The number of hydrogen-bond acceptors (Lipinski definition) is 4. The quantitative estimate of drug-likeness (QED) is 0.370. The average molecular weight is 430 g/mol. The van der Waals surface area contributed by atoms with Crippen molar-refractivity contribution < 1.29 is 4.39 Å². The molecule has 1 aliphatic carbocycles. The molecule has 6 rings (SSSR count). The van der Waals surface area contributed by atoms with Gasteiger partial charge in [-0.3, -0.25) is 4.90 Å². The lowest BCUT2D eigenvalue weighted by atomic mass is 9.92. The Morgan fingerprint density at radius 3 is 2.48 bits per heavy atom. The smallest absolute Gasteiger partial charge is 0.144 e. The highest BCUT2D eigenvalue weighted by Gasteiger charge is 2.47. The number of benzene rings is 2. The van der Waals surface area contributed by atoms with E-state index in [4.69, 9.17) is 9.97 Å². The topological polar surface area (TPSA) is 29.0 Å². The number of thiazole rings is 1. The Morgan fingerprint density at radius 1 is 1.00 bits per heavy atom. The van der Waals surface area contributed by atoms with E-state index in [-0.39, 0.29) is 17.3 Å². The minimum Gasteiger partial charge on any atom is -0.297 e. The minimum atomic E-state index is -0.202. The molecular weight excluding hydrogens is 405 g/mol. The number of fused-ring (bicyclic) bond motifs is 1. The van der Waals surface area contributed by atoms with Crippen molar-refractivity contribution in [3.63, 3.8) is 0 Å². The van der Waals surface area contributed by atoms with E-state index in [1.807, 2.05) is 18.2 Å². The van der Waals surface area contributed by atoms with Crippen molar-refractivity contribution in [2.75, 3.05) is 13.1 Å². The Labute approximate surface area is 185 Å². The number of aromatic nitrogens is 2. The van der Waals surface area contributed by atoms with Crippen LogP contribution in [0.4, 0.5) is 4.39 Å². The van der Waals surface area contributed by atoms with E-state index in [1.54, 1.807) is 6.07 Å². The number of hydrogen-bond donors (Lipinski definition) is 0. The normalized spacial score (nSPS) is 18.6. The highest BCUT2D eigenvalue weighted by atomic mass is 32.1. The van der Waals surface area contributed by atoms with Gasteiger partial charge >= 0.3 is 0 Å². The minimum absolute atomic E-state index is 0.0273. The molecule has 3 heterocycles. The molecule has 2 aliphatic rings. The molecule has 0 unspecified atom stereocenters. The first-order valence-electron chi connectivity index (χ1n) is 11.0. The van der Waals surface area contributed by atoms with Crippen LogP contribution in [0.5, 0.6) is 0 Å². The predicted octanol–water partition coefficient (Wildman–Crippen LogP) is 6.34. The molecule has 0 spiro atoms. The summed E-state index contributed by atoms with van der Waals surface area (Å²) in [5.74, 6) is -0.202. The molecule has 0 N–H and O–H groups in total. The summed E-state index contributed by atoms with van der Waals surface area (Å²) < 4.78 is 15.0. The van der Waals surface area contributed by atoms with E-state index < -0.39 is 0 Å². The zero-order chi connectivity index (χ0) is 21.0. The summed E-state index contributed by atoms with van der Waals surface area (Å²) in [7, 11) is 0. The van der Waals surface area contributed by atoms with Crippen molar-refractivity contribution in [3.05, 3.63) is 83.3 Å². The highest BCUT2D eigenvalue weighted by Crippen LogP contribution is 2.53. The fourth-order valence-electron chi connectivity index (χ4n) is 4.68. The molecule has 1 saturated heterocycles. The fraction of sp³-hybridized carbons (Fsp3) is 0.308. The average Bonchev–Trinajstić information content (AvgIpc) is 3.46. The monoisotopic (exact) mass is 429 g/mol. The third-order valence-electron chi connectivity index (χ3n) is 6.97. The summed E-state index contributed by atoms with van der Waals surface area (Å²) in [6.45, 7) is 4.35. The molecule has 156 valence electrons. The van der Waals surface area contributed by atoms with Crippen LogP contribution in [-0.4, -0.2) is 28.0 Å². The second kappa shape index (κ2) is 7.21. The van der Waals surface area contributed by atoms with E-state index in [0.29, 0.717) is 10.6 Å². The highest BCUT2D eigenvalue weighted by molar-refractivity contribution is 7.21. The molecule has 1 aliphatic heterocycles. The van der Waals surface area contributed by atoms with Crippen LogP contribution in [0.1, 0.15) is 49.0 Å². The summed E-state index contributed by atoms with van der Waals surface area (Å²) in [6, 6.07) is 20.6. The van der Waals surface area contributed by atoms with Gasteiger partial charge in [0.05, 0.1) is 5.69 Å². The van der Waals surface area contributed by atoms with Gasteiger partial charge in [-0.2, -0.15) is 0 Å². The molecule has 31 heavy (non-hydrogen) atoms. The van der Waals surface area contributed by atoms with Crippen LogP contribution in [0.3, 0.4) is 0 Å². The third-order valence-corrected chi connectivity index (χ3v) is 7.96. The Kier molecular flexibility index (Phi) is 4.44. The second-order valence-electron chi connectivity index (χ2n) is 8.79. The van der Waals surface area contributed by atoms with Gasteiger partial charge in [0.15, 0.2) is 0 Å². The zero-order valence-corrected chi connectivity index (χ0v) is 18.3. The van der Waals surface area contributed by atoms with Crippen LogP contribution < -0.4 is 0 Å². The van der Waals surface area contributed by atoms with Crippen molar-refractivity contribution in [2.45, 2.75) is 37.6 Å². The maximum Gasteiger partial charge on any atom is 0.144 e. The second-order valence-corrected chi connectivity index (χ2v) is 9.77. The lowest BCUT2D eigenvalue weighted by Gasteiger charge is -2.36. The Hall–Kier alpha value is -2.63. The standard InChI is InChI=1S/C26H24FN3S/c1-17(30-14-5-15-30)18-8-9-20(21(27)16-18)24-28-22-10-11-23(29-25(22)31-24)26(12-13-26)19-6-3-2-4-7-19/h2-4,6-11,16-17H,5,12-15H2,1H3/t17-/m0/s1. The van der Waals surface area contributed by atoms with Crippen LogP contribution in [-0.2, 0) is 5.41 Å². The SMILES string of the molecule is C[C@@H](c1ccc(-c2nc3ccc(C4(c5ccccc5)CC4)nc3s2)c(F)c1)N1CCC1. The van der Waals surface area contributed by atoms with Crippen molar-refractivity contribution in [1.82, 2.24) is 14.9 Å². The summed E-state index contributed by atoms with van der Waals surface area (Å²) in [5.41, 5.74) is 4.88. The van der Waals surface area contributed by atoms with Crippen molar-refractivity contribution in [2.24, 2.45) is 0 Å². The Balaban J connectivity index is 1.33. The van der Waals surface area contributed by atoms with E-state index in [1.165, 1.54) is 23.3 Å². The van der Waals surface area contributed by atoms with Gasteiger partial charge in [-0.05, 0) is 74.7 Å². The van der Waals surface area contributed by atoms with Crippen LogP contribution in [0.15, 0.2) is 60.7 Å². The van der Waals surface area contributed by atoms with Crippen molar-refractivity contribution >= 4 is 21.7 Å². The maximum atomic E-state index is 15.0. The molecule has 3 nitrogen and oxygen atoms in total. The zero-order valence-electron chi connectivity index (χ0n) is 17.5. The van der Waals surface area contributed by atoms with Gasteiger partial charge in [0, 0.05) is 17.0 Å². The van der Waals surface area contributed by atoms with Gasteiger partial charge in [-0.15, -0.1) is 0 Å². The van der Waals surface area contributed by atoms with Crippen molar-refractivity contribution in [3.8, 4) is 10.6 Å². The van der Waals surface area contributed by atoms with Gasteiger partial charge in [-0.25, -0.2) is 14.4 Å². The van der Waals surface area contributed by atoms with Crippen LogP contribution >= 0.6 is 11.3 Å². The number of pyridine rings is 1. The van der Waals surface area contributed by atoms with E-state index >= 15 is 4.39 Å². The first-order valence-corrected chi connectivity index (χ1v) is 11.8. The van der Waals surface area contributed by atoms with Gasteiger partial charge in [0.1, 0.15) is 21.2 Å². The summed E-state index contributed by atoms with van der Waals surface area (Å²) in [5, 5.41) is 0.699. The number of rotatable bonds is 5. The van der Waals surface area contributed by atoms with Gasteiger partial charge in [0.25, 0.3) is 0 Å². The third kappa shape index (κ3) is 3.19. The van der Waals surface area contributed by atoms with Crippen molar-refractivity contribution in [1.29, 1.82) is 0 Å². The molecule has 4 aromatic rings. The predicted molar refractivity (Wildman–Crippen MR) is 124 cm³/mol. The first kappa shape index (κ1) is 19.1. The summed E-state index contributed by atoms with van der Waals surface area (Å²) >= 11 is 1.48. The lowest BCUT2D eigenvalue weighted by Crippen LogP contribution is -2.39. The molecule has 2 fully saturated rings. The largest absolute Gasteiger partial charge is 0.297 e. The van der Waals surface area contributed by atoms with E-state index in [9.17, 15) is 0 Å². The van der Waals surface area contributed by atoms with E-state index in [2.05, 4.69) is 48.2 Å². The molecule has 2 aromatic carbocycles. The molecule has 0 amide bonds. The van der Waals surface area contributed by atoms with E-state index in [0.717, 1.165) is 47.5 Å². The van der Waals surface area contributed by atoms with Gasteiger partial charge in [0.2, 0.25) is 0 Å². The van der Waals surface area contributed by atoms with Crippen LogP contribution in [0.25, 0.3) is 20.9 Å². The number of nitrogens with zero attached hydrogens (tertiary/aromatic N) is 3. The fourth-order valence-corrected chi connectivity index (χ4v) is 5.64. The molecule has 1 atom stereocenters. The van der Waals surface area contributed by atoms with Crippen LogP contribution in [0.2, 0.25) is 0 Å². The molecule has 2 aromatic heterocycles. The Bertz CT molecular complexity index is 1260. The Morgan fingerprint density at radius 2 is 1.81 bits per heavy atom. The molecular formula is C26H24FN3S. The molecule has 0 radical (unpaired) electrons. The number of likely N-dealkylation sites (tertiary alicyclic amines) is 1. The molecule has 5 heteroatoms. The van der Waals surface area contributed by atoms with Gasteiger partial charge < -0.3 is 0 Å². The molecule has 0 bridgehead atoms. The molecule has 1 saturated carbocycles. The number of halogens is 1. The lowest BCUT2D eigenvalue weighted by molar-refractivity contribution is 0.128. The van der Waals surface area contributed by atoms with Gasteiger partial charge in [-0.1, -0.05) is 47.7 Å². The summed E-state index contributed by atoms with van der Waals surface area (Å²) in [4.78, 5) is 12.9. The van der Waals surface area contributed by atoms with Crippen LogP contribution in [0, 0.1) is 5.82 Å².